The molecule has 1 aliphatic heterocycles. The van der Waals surface area contributed by atoms with Crippen molar-refractivity contribution in [3.8, 4) is 0 Å². The van der Waals surface area contributed by atoms with Crippen molar-refractivity contribution in [1.82, 2.24) is 14.7 Å². The topological polar surface area (TPSA) is 67.6 Å². The van der Waals surface area contributed by atoms with Crippen LogP contribution < -0.4 is 0 Å². The quantitative estimate of drug-likeness (QED) is 0.760. The second-order valence-corrected chi connectivity index (χ2v) is 3.73. The zero-order chi connectivity index (χ0) is 11.4. The smallest absolute Gasteiger partial charge is 0.322 e. The third kappa shape index (κ3) is 2.59. The van der Waals surface area contributed by atoms with Crippen LogP contribution in [0, 0.1) is 0 Å². The summed E-state index contributed by atoms with van der Waals surface area (Å²) in [6.07, 6.45) is 3.43. The van der Waals surface area contributed by atoms with Gasteiger partial charge in [0.25, 0.3) is 0 Å². The third-order valence-electron chi connectivity index (χ3n) is 2.69. The molecule has 6 nitrogen and oxygen atoms in total. The fourth-order valence-electron chi connectivity index (χ4n) is 1.82. The predicted molar refractivity (Wildman–Crippen MR) is 56.0 cm³/mol. The molecule has 1 aromatic rings. The van der Waals surface area contributed by atoms with E-state index in [4.69, 9.17) is 4.74 Å². The Hall–Kier alpha value is -1.40. The van der Waals surface area contributed by atoms with Crippen molar-refractivity contribution >= 4 is 5.97 Å². The van der Waals surface area contributed by atoms with Crippen molar-refractivity contribution in [1.29, 1.82) is 0 Å². The maximum absolute atomic E-state index is 11.2. The lowest BCUT2D eigenvalue weighted by atomic mass is 10.2. The van der Waals surface area contributed by atoms with Gasteiger partial charge < -0.3 is 9.84 Å². The lowest BCUT2D eigenvalue weighted by molar-refractivity contribution is -0.145. The average Bonchev–Trinajstić information content (AvgIpc) is 2.79. The maximum atomic E-state index is 11.2. The zero-order valence-electron chi connectivity index (χ0n) is 8.95. The van der Waals surface area contributed by atoms with E-state index in [2.05, 4.69) is 5.10 Å². The molecule has 1 unspecified atom stereocenters. The lowest BCUT2D eigenvalue weighted by Gasteiger charge is -2.31. The summed E-state index contributed by atoms with van der Waals surface area (Å²) in [5.41, 5.74) is 0. The van der Waals surface area contributed by atoms with Gasteiger partial charge in [0.2, 0.25) is 0 Å². The highest BCUT2D eigenvalue weighted by Crippen LogP contribution is 2.06. The molecule has 0 amide bonds. The van der Waals surface area contributed by atoms with Crippen molar-refractivity contribution in [3.05, 3.63) is 18.5 Å². The minimum Gasteiger partial charge on any atom is -0.480 e. The van der Waals surface area contributed by atoms with Gasteiger partial charge in [-0.2, -0.15) is 5.10 Å². The Labute approximate surface area is 93.4 Å². The van der Waals surface area contributed by atoms with E-state index in [0.29, 0.717) is 32.8 Å². The molecule has 1 N–H and O–H groups in total. The maximum Gasteiger partial charge on any atom is 0.322 e. The van der Waals surface area contributed by atoms with Crippen LogP contribution in [0.25, 0.3) is 0 Å². The molecule has 0 aromatic carbocycles. The second kappa shape index (κ2) is 5.09. The summed E-state index contributed by atoms with van der Waals surface area (Å²) < 4.78 is 6.85. The molecule has 0 spiro atoms. The Balaban J connectivity index is 2.01. The van der Waals surface area contributed by atoms with Crippen LogP contribution in [0.4, 0.5) is 0 Å². The van der Waals surface area contributed by atoms with Crippen LogP contribution in [0.5, 0.6) is 0 Å². The van der Waals surface area contributed by atoms with E-state index >= 15 is 0 Å². The summed E-state index contributed by atoms with van der Waals surface area (Å²) in [5, 5.41) is 13.2. The number of ether oxygens (including phenoxy) is 1. The fraction of sp³-hybridized carbons (Fsp3) is 0.600. The van der Waals surface area contributed by atoms with Crippen molar-refractivity contribution in [2.75, 3.05) is 26.3 Å². The number of carboxylic acids is 1. The van der Waals surface area contributed by atoms with Gasteiger partial charge in [0.1, 0.15) is 6.04 Å². The number of hydrogen-bond acceptors (Lipinski definition) is 4. The molecule has 2 heterocycles. The molecule has 16 heavy (non-hydrogen) atoms. The van der Waals surface area contributed by atoms with Crippen LogP contribution in [-0.2, 0) is 16.1 Å². The van der Waals surface area contributed by atoms with Gasteiger partial charge in [-0.1, -0.05) is 0 Å². The Bertz CT molecular complexity index is 333. The van der Waals surface area contributed by atoms with Crippen LogP contribution in [0.15, 0.2) is 18.5 Å². The number of aliphatic carboxylic acids is 1. The highest BCUT2D eigenvalue weighted by atomic mass is 16.5. The van der Waals surface area contributed by atoms with Crippen LogP contribution in [0.3, 0.4) is 0 Å². The molecule has 0 saturated carbocycles. The van der Waals surface area contributed by atoms with Gasteiger partial charge in [-0.15, -0.1) is 0 Å². The number of rotatable bonds is 4. The van der Waals surface area contributed by atoms with E-state index in [9.17, 15) is 9.90 Å². The third-order valence-corrected chi connectivity index (χ3v) is 2.69. The largest absolute Gasteiger partial charge is 0.480 e. The number of nitrogens with zero attached hydrogens (tertiary/aromatic N) is 3. The first-order valence-corrected chi connectivity index (χ1v) is 5.29. The van der Waals surface area contributed by atoms with Gasteiger partial charge >= 0.3 is 5.97 Å². The molecule has 0 radical (unpaired) electrons. The lowest BCUT2D eigenvalue weighted by Crippen LogP contribution is -2.49. The minimum atomic E-state index is -0.808. The molecule has 2 rings (SSSR count). The molecule has 1 saturated heterocycles. The highest BCUT2D eigenvalue weighted by Gasteiger charge is 2.27. The van der Waals surface area contributed by atoms with E-state index in [1.165, 1.54) is 0 Å². The molecule has 1 atom stereocenters. The standard InChI is InChI=1S/C10H15N3O3/c14-10(15)9(8-13-3-1-2-11-13)12-4-6-16-7-5-12/h1-3,9H,4-8H2,(H,14,15). The van der Waals surface area contributed by atoms with Crippen molar-refractivity contribution in [3.63, 3.8) is 0 Å². The molecule has 1 aliphatic rings. The molecular formula is C10H15N3O3. The Morgan fingerprint density at radius 2 is 2.25 bits per heavy atom. The van der Waals surface area contributed by atoms with Gasteiger partial charge in [0.05, 0.1) is 19.8 Å². The zero-order valence-corrected chi connectivity index (χ0v) is 8.95. The number of hydrogen-bond donors (Lipinski definition) is 1. The summed E-state index contributed by atoms with van der Waals surface area (Å²) >= 11 is 0. The summed E-state index contributed by atoms with van der Waals surface area (Å²) in [4.78, 5) is 13.1. The summed E-state index contributed by atoms with van der Waals surface area (Å²) in [6.45, 7) is 2.91. The van der Waals surface area contributed by atoms with E-state index < -0.39 is 12.0 Å². The second-order valence-electron chi connectivity index (χ2n) is 3.73. The number of carbonyl (C=O) groups is 1. The van der Waals surface area contributed by atoms with E-state index in [-0.39, 0.29) is 0 Å². The SMILES string of the molecule is O=C(O)C(Cn1cccn1)N1CCOCC1. The van der Waals surface area contributed by atoms with Crippen molar-refractivity contribution in [2.24, 2.45) is 0 Å². The van der Waals surface area contributed by atoms with Crippen LogP contribution in [0.1, 0.15) is 0 Å². The van der Waals surface area contributed by atoms with Crippen LogP contribution >= 0.6 is 0 Å². The Kier molecular flexibility index (Phi) is 3.53. The summed E-state index contributed by atoms with van der Waals surface area (Å²) in [7, 11) is 0. The molecule has 1 fully saturated rings. The van der Waals surface area contributed by atoms with Gasteiger partial charge in [-0.25, -0.2) is 0 Å². The first-order chi connectivity index (χ1) is 7.77. The molecule has 6 heteroatoms. The van der Waals surface area contributed by atoms with Crippen molar-refractivity contribution in [2.45, 2.75) is 12.6 Å². The molecule has 0 aliphatic carbocycles. The monoisotopic (exact) mass is 225 g/mol. The van der Waals surface area contributed by atoms with Crippen LogP contribution in [-0.4, -0.2) is 58.1 Å². The number of morpholine rings is 1. The summed E-state index contributed by atoms with van der Waals surface area (Å²) in [6, 6.07) is 1.27. The average molecular weight is 225 g/mol. The predicted octanol–water partition coefficient (Wildman–Crippen LogP) is -0.332. The fourth-order valence-corrected chi connectivity index (χ4v) is 1.82. The van der Waals surface area contributed by atoms with Gasteiger partial charge in [0.15, 0.2) is 0 Å². The summed E-state index contributed by atoms with van der Waals surface area (Å²) in [5.74, 6) is -0.808. The molecule has 1 aromatic heterocycles. The molecule has 88 valence electrons. The Morgan fingerprint density at radius 3 is 2.81 bits per heavy atom. The normalized spacial score (nSPS) is 19.5. The van der Waals surface area contributed by atoms with Crippen LogP contribution in [0.2, 0.25) is 0 Å². The van der Waals surface area contributed by atoms with E-state index in [0.717, 1.165) is 0 Å². The minimum absolute atomic E-state index is 0.377. The number of carboxylic acid groups (broad SMARTS) is 1. The molecule has 0 bridgehead atoms. The number of aromatic nitrogens is 2. The van der Waals surface area contributed by atoms with E-state index in [1.54, 1.807) is 23.1 Å². The molecular weight excluding hydrogens is 210 g/mol. The Morgan fingerprint density at radius 1 is 1.50 bits per heavy atom. The van der Waals surface area contributed by atoms with Gasteiger partial charge in [-0.05, 0) is 6.07 Å². The first-order valence-electron chi connectivity index (χ1n) is 5.29. The van der Waals surface area contributed by atoms with E-state index in [1.807, 2.05) is 4.90 Å². The van der Waals surface area contributed by atoms with Crippen molar-refractivity contribution < 1.29 is 14.6 Å². The highest BCUT2D eigenvalue weighted by molar-refractivity contribution is 5.73. The van der Waals surface area contributed by atoms with Gasteiger partial charge in [-0.3, -0.25) is 14.4 Å². The first kappa shape index (κ1) is 11.1. The van der Waals surface area contributed by atoms with Gasteiger partial charge in [0, 0.05) is 25.5 Å².